The van der Waals surface area contributed by atoms with Crippen molar-refractivity contribution in [1.29, 1.82) is 0 Å². The lowest BCUT2D eigenvalue weighted by molar-refractivity contribution is 0.235. The normalized spacial score (nSPS) is 14.5. The van der Waals surface area contributed by atoms with Crippen molar-refractivity contribution in [3.05, 3.63) is 45.4 Å². The summed E-state index contributed by atoms with van der Waals surface area (Å²) in [6.45, 7) is 10.7. The summed E-state index contributed by atoms with van der Waals surface area (Å²) in [4.78, 5) is 5.96. The van der Waals surface area contributed by atoms with E-state index in [-0.39, 0.29) is 24.1 Å². The molecule has 1 aromatic carbocycles. The van der Waals surface area contributed by atoms with E-state index in [1.807, 2.05) is 24.3 Å². The van der Waals surface area contributed by atoms with E-state index < -0.39 is 0 Å². The van der Waals surface area contributed by atoms with Crippen LogP contribution in [0.15, 0.2) is 24.3 Å². The van der Waals surface area contributed by atoms with Crippen LogP contribution in [0.4, 0.5) is 0 Å². The summed E-state index contributed by atoms with van der Waals surface area (Å²) in [5.41, 5.74) is 2.13. The molecule has 0 fully saturated rings. The Hall–Kier alpha value is -1.43. The van der Waals surface area contributed by atoms with Crippen LogP contribution in [0.2, 0.25) is 0 Å². The number of aliphatic hydroxyl groups is 1. The van der Waals surface area contributed by atoms with E-state index >= 15 is 0 Å². The third kappa shape index (κ3) is 4.35. The van der Waals surface area contributed by atoms with Crippen LogP contribution in [0.3, 0.4) is 0 Å². The fraction of sp³-hybridized carbons (Fsp3) is 0.526. The van der Waals surface area contributed by atoms with E-state index in [1.165, 1.54) is 4.88 Å². The van der Waals surface area contributed by atoms with Gasteiger partial charge in [-0.15, -0.1) is 11.3 Å². The lowest BCUT2D eigenvalue weighted by atomic mass is 9.98. The van der Waals surface area contributed by atoms with Gasteiger partial charge in [0.2, 0.25) is 0 Å². The molecule has 0 bridgehead atoms. The Morgan fingerprint density at radius 2 is 2.04 bits per heavy atom. The number of aryl methyl sites for hydroxylation is 1. The molecule has 132 valence electrons. The standard InChI is InChI=1S/C19H28N2O2S/c1-12(17-13(2)21-18(24-17)19(3,4)5)20-16(11-22)14-8-7-9-15(10-14)23-6/h7-10,12,16,20,22H,11H2,1-6H3. The highest BCUT2D eigenvalue weighted by Crippen LogP contribution is 2.33. The Bertz CT molecular complexity index is 676. The molecule has 2 aromatic rings. The first kappa shape index (κ1) is 18.9. The van der Waals surface area contributed by atoms with E-state index in [0.717, 1.165) is 22.0 Å². The van der Waals surface area contributed by atoms with Crippen molar-refractivity contribution >= 4 is 11.3 Å². The molecule has 0 spiro atoms. The van der Waals surface area contributed by atoms with Gasteiger partial charge in [-0.3, -0.25) is 0 Å². The first-order chi connectivity index (χ1) is 11.3. The van der Waals surface area contributed by atoms with Gasteiger partial charge in [0.15, 0.2) is 0 Å². The molecular formula is C19H28N2O2S. The summed E-state index contributed by atoms with van der Waals surface area (Å²) < 4.78 is 5.28. The van der Waals surface area contributed by atoms with Gasteiger partial charge in [-0.1, -0.05) is 32.9 Å². The number of ether oxygens (including phenoxy) is 1. The van der Waals surface area contributed by atoms with Crippen LogP contribution in [0, 0.1) is 6.92 Å². The number of nitrogens with one attached hydrogen (secondary N) is 1. The highest BCUT2D eigenvalue weighted by atomic mass is 32.1. The topological polar surface area (TPSA) is 54.4 Å². The van der Waals surface area contributed by atoms with Gasteiger partial charge in [0, 0.05) is 16.3 Å². The predicted molar refractivity (Wildman–Crippen MR) is 99.9 cm³/mol. The Labute approximate surface area is 148 Å². The van der Waals surface area contributed by atoms with Crippen LogP contribution in [-0.4, -0.2) is 23.8 Å². The van der Waals surface area contributed by atoms with Crippen LogP contribution in [0.1, 0.15) is 60.9 Å². The van der Waals surface area contributed by atoms with Crippen molar-refractivity contribution in [2.75, 3.05) is 13.7 Å². The minimum atomic E-state index is -0.144. The lowest BCUT2D eigenvalue weighted by Gasteiger charge is -2.22. The predicted octanol–water partition coefficient (Wildman–Crippen LogP) is 4.14. The molecule has 2 unspecified atom stereocenters. The van der Waals surface area contributed by atoms with Gasteiger partial charge >= 0.3 is 0 Å². The highest BCUT2D eigenvalue weighted by Gasteiger charge is 2.24. The van der Waals surface area contributed by atoms with Crippen molar-refractivity contribution in [2.24, 2.45) is 0 Å². The Morgan fingerprint density at radius 3 is 2.58 bits per heavy atom. The number of rotatable bonds is 6. The molecule has 0 radical (unpaired) electrons. The van der Waals surface area contributed by atoms with Crippen LogP contribution in [0.5, 0.6) is 5.75 Å². The smallest absolute Gasteiger partial charge is 0.119 e. The highest BCUT2D eigenvalue weighted by molar-refractivity contribution is 7.12. The fourth-order valence-corrected chi connectivity index (χ4v) is 3.76. The summed E-state index contributed by atoms with van der Waals surface area (Å²) in [6.07, 6.45) is 0. The van der Waals surface area contributed by atoms with Crippen LogP contribution < -0.4 is 10.1 Å². The first-order valence-corrected chi connectivity index (χ1v) is 9.06. The molecule has 0 saturated carbocycles. The minimum absolute atomic E-state index is 0.0293. The molecule has 2 atom stereocenters. The number of aromatic nitrogens is 1. The quantitative estimate of drug-likeness (QED) is 0.824. The number of methoxy groups -OCH3 is 1. The van der Waals surface area contributed by atoms with Gasteiger partial charge in [-0.05, 0) is 31.5 Å². The average molecular weight is 349 g/mol. The average Bonchev–Trinajstić information content (AvgIpc) is 2.94. The third-order valence-electron chi connectivity index (χ3n) is 4.00. The summed E-state index contributed by atoms with van der Waals surface area (Å²) in [5.74, 6) is 0.796. The summed E-state index contributed by atoms with van der Waals surface area (Å²) in [5, 5.41) is 14.5. The molecule has 4 nitrogen and oxygen atoms in total. The van der Waals surface area contributed by atoms with Crippen LogP contribution >= 0.6 is 11.3 Å². The van der Waals surface area contributed by atoms with Gasteiger partial charge < -0.3 is 15.2 Å². The first-order valence-electron chi connectivity index (χ1n) is 8.25. The number of nitrogens with zero attached hydrogens (tertiary/aromatic N) is 1. The Morgan fingerprint density at radius 1 is 1.33 bits per heavy atom. The second-order valence-electron chi connectivity index (χ2n) is 7.12. The number of benzene rings is 1. The molecule has 24 heavy (non-hydrogen) atoms. The maximum Gasteiger partial charge on any atom is 0.119 e. The fourth-order valence-electron chi connectivity index (χ4n) is 2.62. The van der Waals surface area contributed by atoms with Crippen LogP contribution in [-0.2, 0) is 5.41 Å². The van der Waals surface area contributed by atoms with Crippen molar-refractivity contribution in [3.8, 4) is 5.75 Å². The lowest BCUT2D eigenvalue weighted by Crippen LogP contribution is -2.27. The molecule has 2 rings (SSSR count). The van der Waals surface area contributed by atoms with Crippen molar-refractivity contribution in [3.63, 3.8) is 0 Å². The number of hydrogen-bond acceptors (Lipinski definition) is 5. The van der Waals surface area contributed by atoms with E-state index in [1.54, 1.807) is 18.4 Å². The van der Waals surface area contributed by atoms with Crippen molar-refractivity contribution in [2.45, 2.75) is 52.1 Å². The maximum absolute atomic E-state index is 9.83. The molecule has 0 aliphatic carbocycles. The summed E-state index contributed by atoms with van der Waals surface area (Å²) in [7, 11) is 1.65. The van der Waals surface area contributed by atoms with Crippen LogP contribution in [0.25, 0.3) is 0 Å². The van der Waals surface area contributed by atoms with Gasteiger partial charge in [0.25, 0.3) is 0 Å². The zero-order valence-electron chi connectivity index (χ0n) is 15.4. The van der Waals surface area contributed by atoms with Gasteiger partial charge in [-0.25, -0.2) is 4.98 Å². The SMILES string of the molecule is COc1cccc(C(CO)NC(C)c2sc(C(C)(C)C)nc2C)c1. The molecule has 0 amide bonds. The van der Waals surface area contributed by atoms with E-state index in [2.05, 4.69) is 39.9 Å². The number of aliphatic hydroxyl groups excluding tert-OH is 1. The van der Waals surface area contributed by atoms with Crippen molar-refractivity contribution < 1.29 is 9.84 Å². The van der Waals surface area contributed by atoms with Gasteiger partial charge in [0.1, 0.15) is 5.75 Å². The monoisotopic (exact) mass is 348 g/mol. The Kier molecular flexibility index (Phi) is 6.01. The molecule has 0 saturated heterocycles. The number of hydrogen-bond donors (Lipinski definition) is 2. The van der Waals surface area contributed by atoms with Crippen molar-refractivity contribution in [1.82, 2.24) is 10.3 Å². The van der Waals surface area contributed by atoms with E-state index in [9.17, 15) is 5.11 Å². The molecule has 5 heteroatoms. The second kappa shape index (κ2) is 7.64. The van der Waals surface area contributed by atoms with Gasteiger partial charge in [-0.2, -0.15) is 0 Å². The zero-order chi connectivity index (χ0) is 17.9. The molecule has 2 N–H and O–H groups in total. The Balaban J connectivity index is 2.20. The molecule has 0 aliphatic heterocycles. The molecule has 0 aliphatic rings. The summed E-state index contributed by atoms with van der Waals surface area (Å²) >= 11 is 1.75. The minimum Gasteiger partial charge on any atom is -0.497 e. The second-order valence-corrected chi connectivity index (χ2v) is 8.15. The molecular weight excluding hydrogens is 320 g/mol. The zero-order valence-corrected chi connectivity index (χ0v) is 16.2. The van der Waals surface area contributed by atoms with Gasteiger partial charge in [0.05, 0.1) is 30.5 Å². The molecule has 1 heterocycles. The third-order valence-corrected chi connectivity index (χ3v) is 5.76. The molecule has 1 aromatic heterocycles. The van der Waals surface area contributed by atoms with E-state index in [0.29, 0.717) is 0 Å². The summed E-state index contributed by atoms with van der Waals surface area (Å²) in [6, 6.07) is 7.78. The maximum atomic E-state index is 9.83. The van der Waals surface area contributed by atoms with E-state index in [4.69, 9.17) is 9.72 Å². The number of thiazole rings is 1. The largest absolute Gasteiger partial charge is 0.497 e.